The Bertz CT molecular complexity index is 204. The summed E-state index contributed by atoms with van der Waals surface area (Å²) >= 11 is 0. The van der Waals surface area contributed by atoms with Gasteiger partial charge in [-0.3, -0.25) is 0 Å². The predicted octanol–water partition coefficient (Wildman–Crippen LogP) is 1.34. The molecule has 0 fully saturated rings. The number of aromatic nitrogens is 1. The highest BCUT2D eigenvalue weighted by atomic mass is 16.3. The molecule has 0 saturated carbocycles. The van der Waals surface area contributed by atoms with E-state index in [9.17, 15) is 0 Å². The Morgan fingerprint density at radius 2 is 2.64 bits per heavy atom. The minimum absolute atomic E-state index is 0.740. The van der Waals surface area contributed by atoms with E-state index in [1.165, 1.54) is 6.39 Å². The molecule has 1 heterocycles. The molecule has 0 atom stereocenters. The van der Waals surface area contributed by atoms with Crippen LogP contribution in [-0.4, -0.2) is 11.5 Å². The predicted molar refractivity (Wildman–Crippen MR) is 43.0 cm³/mol. The molecule has 60 valence electrons. The number of allylic oxidation sites excluding steroid dienone is 1. The SMILES string of the molecule is C/C=C/CNCc1cnco1. The van der Waals surface area contributed by atoms with Crippen molar-refractivity contribution in [1.82, 2.24) is 10.3 Å². The zero-order chi connectivity index (χ0) is 7.94. The van der Waals surface area contributed by atoms with Gasteiger partial charge in [0, 0.05) is 6.54 Å². The van der Waals surface area contributed by atoms with E-state index in [2.05, 4.69) is 16.4 Å². The third-order valence-electron chi connectivity index (χ3n) is 1.28. The molecule has 0 aliphatic rings. The fourth-order valence-corrected chi connectivity index (χ4v) is 0.726. The van der Waals surface area contributed by atoms with Gasteiger partial charge < -0.3 is 9.73 Å². The summed E-state index contributed by atoms with van der Waals surface area (Å²) in [5.41, 5.74) is 0. The van der Waals surface area contributed by atoms with Gasteiger partial charge >= 0.3 is 0 Å². The van der Waals surface area contributed by atoms with Crippen LogP contribution in [0.15, 0.2) is 29.2 Å². The average Bonchev–Trinajstić information content (AvgIpc) is 2.50. The second-order valence-corrected chi connectivity index (χ2v) is 2.17. The number of oxazole rings is 1. The third kappa shape index (κ3) is 3.00. The standard InChI is InChI=1S/C8H12N2O/c1-2-3-4-9-5-8-6-10-7-11-8/h2-3,6-7,9H,4-5H2,1H3/b3-2+. The Morgan fingerprint density at radius 3 is 3.27 bits per heavy atom. The molecule has 0 radical (unpaired) electrons. The van der Waals surface area contributed by atoms with E-state index in [1.54, 1.807) is 6.20 Å². The van der Waals surface area contributed by atoms with Crippen LogP contribution in [0.3, 0.4) is 0 Å². The van der Waals surface area contributed by atoms with Gasteiger partial charge in [0.15, 0.2) is 6.39 Å². The normalized spacial score (nSPS) is 11.0. The topological polar surface area (TPSA) is 38.1 Å². The van der Waals surface area contributed by atoms with Gasteiger partial charge in [-0.2, -0.15) is 0 Å². The summed E-state index contributed by atoms with van der Waals surface area (Å²) in [4.78, 5) is 3.80. The van der Waals surface area contributed by atoms with Crippen molar-refractivity contribution in [3.05, 3.63) is 30.5 Å². The van der Waals surface area contributed by atoms with Crippen LogP contribution in [0.5, 0.6) is 0 Å². The first-order valence-electron chi connectivity index (χ1n) is 3.62. The first-order chi connectivity index (χ1) is 5.43. The number of hydrogen-bond donors (Lipinski definition) is 1. The molecule has 1 aromatic heterocycles. The lowest BCUT2D eigenvalue weighted by Crippen LogP contribution is -2.11. The van der Waals surface area contributed by atoms with E-state index in [-0.39, 0.29) is 0 Å². The highest BCUT2D eigenvalue weighted by molar-refractivity contribution is 4.88. The first kappa shape index (κ1) is 8.01. The third-order valence-corrected chi connectivity index (χ3v) is 1.28. The van der Waals surface area contributed by atoms with Crippen molar-refractivity contribution < 1.29 is 4.42 Å². The zero-order valence-electron chi connectivity index (χ0n) is 6.58. The van der Waals surface area contributed by atoms with Crippen molar-refractivity contribution in [2.45, 2.75) is 13.5 Å². The Morgan fingerprint density at radius 1 is 1.73 bits per heavy atom. The maximum atomic E-state index is 5.02. The van der Waals surface area contributed by atoms with Gasteiger partial charge in [-0.25, -0.2) is 4.98 Å². The van der Waals surface area contributed by atoms with Crippen LogP contribution in [0.25, 0.3) is 0 Å². The number of nitrogens with zero attached hydrogens (tertiary/aromatic N) is 1. The minimum atomic E-state index is 0.740. The Hall–Kier alpha value is -1.09. The van der Waals surface area contributed by atoms with Gasteiger partial charge in [-0.15, -0.1) is 0 Å². The lowest BCUT2D eigenvalue weighted by molar-refractivity contribution is 0.486. The Kier molecular flexibility index (Phi) is 3.41. The average molecular weight is 152 g/mol. The maximum Gasteiger partial charge on any atom is 0.180 e. The molecular formula is C8H12N2O. The molecule has 0 bridgehead atoms. The Labute approximate surface area is 66.1 Å². The van der Waals surface area contributed by atoms with Gasteiger partial charge in [0.2, 0.25) is 0 Å². The van der Waals surface area contributed by atoms with E-state index in [0.717, 1.165) is 18.8 Å². The summed E-state index contributed by atoms with van der Waals surface area (Å²) < 4.78 is 5.02. The molecule has 3 nitrogen and oxygen atoms in total. The van der Waals surface area contributed by atoms with E-state index in [1.807, 2.05) is 13.0 Å². The quantitative estimate of drug-likeness (QED) is 0.522. The maximum absolute atomic E-state index is 5.02. The molecule has 0 aliphatic carbocycles. The van der Waals surface area contributed by atoms with Crippen LogP contribution in [0.4, 0.5) is 0 Å². The van der Waals surface area contributed by atoms with Crippen LogP contribution >= 0.6 is 0 Å². The molecule has 1 aromatic rings. The molecular weight excluding hydrogens is 140 g/mol. The number of hydrogen-bond acceptors (Lipinski definition) is 3. The Balaban J connectivity index is 2.14. The smallest absolute Gasteiger partial charge is 0.180 e. The number of nitrogens with one attached hydrogen (secondary N) is 1. The van der Waals surface area contributed by atoms with E-state index < -0.39 is 0 Å². The van der Waals surface area contributed by atoms with Crippen molar-refractivity contribution >= 4 is 0 Å². The van der Waals surface area contributed by atoms with Crippen LogP contribution in [0.2, 0.25) is 0 Å². The second kappa shape index (κ2) is 4.68. The molecule has 0 aromatic carbocycles. The molecule has 0 amide bonds. The van der Waals surface area contributed by atoms with Gasteiger partial charge in [-0.1, -0.05) is 12.2 Å². The fourth-order valence-electron chi connectivity index (χ4n) is 0.726. The monoisotopic (exact) mass is 152 g/mol. The number of rotatable bonds is 4. The summed E-state index contributed by atoms with van der Waals surface area (Å²) in [7, 11) is 0. The van der Waals surface area contributed by atoms with Gasteiger partial charge in [0.1, 0.15) is 5.76 Å². The van der Waals surface area contributed by atoms with E-state index >= 15 is 0 Å². The van der Waals surface area contributed by atoms with Crippen LogP contribution < -0.4 is 5.32 Å². The van der Waals surface area contributed by atoms with E-state index in [4.69, 9.17) is 4.42 Å². The van der Waals surface area contributed by atoms with Crippen molar-refractivity contribution in [2.75, 3.05) is 6.54 Å². The van der Waals surface area contributed by atoms with Crippen molar-refractivity contribution in [2.24, 2.45) is 0 Å². The molecule has 11 heavy (non-hydrogen) atoms. The molecule has 0 saturated heterocycles. The fraction of sp³-hybridized carbons (Fsp3) is 0.375. The van der Waals surface area contributed by atoms with Crippen molar-refractivity contribution in [3.63, 3.8) is 0 Å². The highest BCUT2D eigenvalue weighted by Gasteiger charge is 1.91. The van der Waals surface area contributed by atoms with Gasteiger partial charge in [0.25, 0.3) is 0 Å². The van der Waals surface area contributed by atoms with Crippen LogP contribution in [0, 0.1) is 0 Å². The van der Waals surface area contributed by atoms with Crippen molar-refractivity contribution in [3.8, 4) is 0 Å². The highest BCUT2D eigenvalue weighted by Crippen LogP contribution is 1.93. The lowest BCUT2D eigenvalue weighted by Gasteiger charge is -1.95. The summed E-state index contributed by atoms with van der Waals surface area (Å²) in [5, 5.41) is 3.17. The molecule has 0 aliphatic heterocycles. The summed E-state index contributed by atoms with van der Waals surface area (Å²) in [6.45, 7) is 3.61. The van der Waals surface area contributed by atoms with Crippen molar-refractivity contribution in [1.29, 1.82) is 0 Å². The van der Waals surface area contributed by atoms with Crippen LogP contribution in [0.1, 0.15) is 12.7 Å². The lowest BCUT2D eigenvalue weighted by atomic mass is 10.4. The zero-order valence-corrected chi connectivity index (χ0v) is 6.58. The minimum Gasteiger partial charge on any atom is -0.447 e. The molecule has 1 rings (SSSR count). The van der Waals surface area contributed by atoms with Gasteiger partial charge in [0.05, 0.1) is 12.7 Å². The first-order valence-corrected chi connectivity index (χ1v) is 3.62. The molecule has 0 unspecified atom stereocenters. The second-order valence-electron chi connectivity index (χ2n) is 2.17. The summed E-state index contributed by atoms with van der Waals surface area (Å²) in [5.74, 6) is 0.870. The van der Waals surface area contributed by atoms with Gasteiger partial charge in [-0.05, 0) is 6.92 Å². The molecule has 3 heteroatoms. The molecule has 0 spiro atoms. The van der Waals surface area contributed by atoms with Crippen LogP contribution in [-0.2, 0) is 6.54 Å². The summed E-state index contributed by atoms with van der Waals surface area (Å²) in [6.07, 6.45) is 7.21. The van der Waals surface area contributed by atoms with E-state index in [0.29, 0.717) is 0 Å². The summed E-state index contributed by atoms with van der Waals surface area (Å²) in [6, 6.07) is 0. The molecule has 1 N–H and O–H groups in total. The largest absolute Gasteiger partial charge is 0.447 e.